The lowest BCUT2D eigenvalue weighted by molar-refractivity contribution is 0.412. The van der Waals surface area contributed by atoms with Gasteiger partial charge in [-0.3, -0.25) is 4.98 Å². The van der Waals surface area contributed by atoms with Crippen LogP contribution in [-0.2, 0) is 6.42 Å². The van der Waals surface area contributed by atoms with Crippen molar-refractivity contribution in [2.75, 3.05) is 5.73 Å². The van der Waals surface area contributed by atoms with Crippen LogP contribution < -0.4 is 5.73 Å². The number of nitrogens with two attached hydrogens (primary N) is 1. The van der Waals surface area contributed by atoms with Crippen molar-refractivity contribution < 1.29 is 0 Å². The molecule has 0 aliphatic carbocycles. The van der Waals surface area contributed by atoms with Crippen LogP contribution in [0.25, 0.3) is 0 Å². The van der Waals surface area contributed by atoms with E-state index in [1.54, 1.807) is 6.20 Å². The molecule has 3 rings (SSSR count). The zero-order chi connectivity index (χ0) is 11.0. The summed E-state index contributed by atoms with van der Waals surface area (Å²) < 4.78 is 1.94. The maximum absolute atomic E-state index is 5.64. The minimum absolute atomic E-state index is 0.238. The fourth-order valence-corrected chi connectivity index (χ4v) is 2.25. The molecule has 0 fully saturated rings. The molecule has 0 saturated heterocycles. The summed E-state index contributed by atoms with van der Waals surface area (Å²) >= 11 is 0. The Morgan fingerprint density at radius 3 is 3.19 bits per heavy atom. The highest BCUT2D eigenvalue weighted by molar-refractivity contribution is 5.21. The fourth-order valence-electron chi connectivity index (χ4n) is 2.25. The van der Waals surface area contributed by atoms with E-state index in [0.29, 0.717) is 5.95 Å². The molecule has 0 bridgehead atoms. The van der Waals surface area contributed by atoms with E-state index in [1.165, 1.54) is 5.56 Å². The van der Waals surface area contributed by atoms with Gasteiger partial charge in [-0.05, 0) is 24.5 Å². The fraction of sp³-hybridized carbons (Fsp3) is 0.364. The van der Waals surface area contributed by atoms with Crippen LogP contribution in [0.4, 0.5) is 5.95 Å². The van der Waals surface area contributed by atoms with E-state index in [-0.39, 0.29) is 6.04 Å². The van der Waals surface area contributed by atoms with Crippen LogP contribution in [0.5, 0.6) is 0 Å². The molecule has 1 unspecified atom stereocenters. The normalized spacial score (nSPS) is 19.4. The van der Waals surface area contributed by atoms with Crippen molar-refractivity contribution in [3.8, 4) is 0 Å². The number of rotatable bonds is 1. The topological polar surface area (TPSA) is 69.6 Å². The van der Waals surface area contributed by atoms with Crippen LogP contribution >= 0.6 is 0 Å². The molecule has 2 N–H and O–H groups in total. The van der Waals surface area contributed by atoms with Gasteiger partial charge in [-0.25, -0.2) is 4.68 Å². The largest absolute Gasteiger partial charge is 0.366 e. The van der Waals surface area contributed by atoms with Crippen molar-refractivity contribution in [1.82, 2.24) is 19.7 Å². The molecule has 1 aliphatic rings. The number of fused-ring (bicyclic) bond motifs is 1. The Bertz CT molecular complexity index is 490. The summed E-state index contributed by atoms with van der Waals surface area (Å²) in [4.78, 5) is 8.38. The van der Waals surface area contributed by atoms with Gasteiger partial charge in [-0.15, -0.1) is 5.10 Å². The van der Waals surface area contributed by atoms with Gasteiger partial charge in [0.05, 0.1) is 6.04 Å². The number of nitrogen functional groups attached to an aromatic ring is 1. The van der Waals surface area contributed by atoms with Crippen molar-refractivity contribution >= 4 is 5.95 Å². The number of hydrogen-bond donors (Lipinski definition) is 1. The van der Waals surface area contributed by atoms with E-state index in [1.807, 2.05) is 16.9 Å². The van der Waals surface area contributed by atoms with Gasteiger partial charge in [0.25, 0.3) is 0 Å². The van der Waals surface area contributed by atoms with Crippen LogP contribution in [0.3, 0.4) is 0 Å². The van der Waals surface area contributed by atoms with Crippen LogP contribution in [0.2, 0.25) is 0 Å². The Labute approximate surface area is 93.3 Å². The highest BCUT2D eigenvalue weighted by Gasteiger charge is 2.23. The summed E-state index contributed by atoms with van der Waals surface area (Å²) in [7, 11) is 0. The number of nitrogens with zero attached hydrogens (tertiary/aromatic N) is 4. The van der Waals surface area contributed by atoms with Crippen LogP contribution in [0.15, 0.2) is 24.5 Å². The SMILES string of the molecule is Nc1nc2n(n1)C(c1cccnc1)CCC2. The van der Waals surface area contributed by atoms with Gasteiger partial charge in [-0.2, -0.15) is 4.98 Å². The number of pyridine rings is 1. The molecule has 0 amide bonds. The van der Waals surface area contributed by atoms with Crippen LogP contribution in [-0.4, -0.2) is 19.7 Å². The quantitative estimate of drug-likeness (QED) is 0.775. The van der Waals surface area contributed by atoms with Gasteiger partial charge in [0, 0.05) is 18.8 Å². The molecular formula is C11H13N5. The molecule has 1 aliphatic heterocycles. The molecule has 2 aromatic rings. The number of anilines is 1. The lowest BCUT2D eigenvalue weighted by Crippen LogP contribution is -2.20. The van der Waals surface area contributed by atoms with E-state index in [9.17, 15) is 0 Å². The third-order valence-electron chi connectivity index (χ3n) is 2.96. The summed E-state index contributed by atoms with van der Waals surface area (Å²) in [6.45, 7) is 0. The molecule has 2 aromatic heterocycles. The lowest BCUT2D eigenvalue weighted by Gasteiger charge is -2.23. The first-order valence-corrected chi connectivity index (χ1v) is 5.45. The Hall–Kier alpha value is -1.91. The minimum Gasteiger partial charge on any atom is -0.366 e. The third-order valence-corrected chi connectivity index (χ3v) is 2.96. The zero-order valence-corrected chi connectivity index (χ0v) is 8.87. The lowest BCUT2D eigenvalue weighted by atomic mass is 9.99. The van der Waals surface area contributed by atoms with E-state index < -0.39 is 0 Å². The molecule has 0 radical (unpaired) electrons. The van der Waals surface area contributed by atoms with E-state index in [2.05, 4.69) is 21.1 Å². The first-order chi connectivity index (χ1) is 7.84. The second kappa shape index (κ2) is 3.59. The number of hydrogen-bond acceptors (Lipinski definition) is 4. The molecule has 5 nitrogen and oxygen atoms in total. The van der Waals surface area contributed by atoms with Gasteiger partial charge in [0.1, 0.15) is 5.82 Å². The number of aryl methyl sites for hydroxylation is 1. The number of aromatic nitrogens is 4. The van der Waals surface area contributed by atoms with Crippen molar-refractivity contribution in [1.29, 1.82) is 0 Å². The van der Waals surface area contributed by atoms with Crippen molar-refractivity contribution in [2.45, 2.75) is 25.3 Å². The summed E-state index contributed by atoms with van der Waals surface area (Å²) in [5.41, 5.74) is 6.81. The van der Waals surface area contributed by atoms with Gasteiger partial charge in [0.2, 0.25) is 5.95 Å². The Morgan fingerprint density at radius 1 is 1.44 bits per heavy atom. The molecule has 0 spiro atoms. The van der Waals surface area contributed by atoms with Crippen molar-refractivity contribution in [3.63, 3.8) is 0 Å². The van der Waals surface area contributed by atoms with E-state index in [0.717, 1.165) is 25.1 Å². The smallest absolute Gasteiger partial charge is 0.239 e. The standard InChI is InChI=1S/C11H13N5/c12-11-14-10-5-1-4-9(16(10)15-11)8-3-2-6-13-7-8/h2-3,6-7,9H,1,4-5H2,(H2,12,15). The maximum Gasteiger partial charge on any atom is 0.239 e. The Kier molecular flexibility index (Phi) is 2.09. The summed E-state index contributed by atoms with van der Waals surface area (Å²) in [5, 5.41) is 4.26. The molecule has 0 saturated carbocycles. The maximum atomic E-state index is 5.64. The predicted octanol–water partition coefficient (Wildman–Crippen LogP) is 1.18. The first kappa shape index (κ1) is 9.33. The summed E-state index contributed by atoms with van der Waals surface area (Å²) in [6, 6.07) is 4.26. The van der Waals surface area contributed by atoms with Crippen LogP contribution in [0.1, 0.15) is 30.3 Å². The molecule has 1 atom stereocenters. The van der Waals surface area contributed by atoms with E-state index >= 15 is 0 Å². The van der Waals surface area contributed by atoms with Crippen LogP contribution in [0, 0.1) is 0 Å². The molecule has 0 aromatic carbocycles. The molecule has 5 heteroatoms. The van der Waals surface area contributed by atoms with Gasteiger partial charge in [-0.1, -0.05) is 6.07 Å². The van der Waals surface area contributed by atoms with Crippen molar-refractivity contribution in [3.05, 3.63) is 35.9 Å². The molecule has 16 heavy (non-hydrogen) atoms. The summed E-state index contributed by atoms with van der Waals surface area (Å²) in [5.74, 6) is 1.35. The zero-order valence-electron chi connectivity index (χ0n) is 8.87. The third kappa shape index (κ3) is 1.44. The van der Waals surface area contributed by atoms with E-state index in [4.69, 9.17) is 5.73 Å². The molecule has 3 heterocycles. The average Bonchev–Trinajstić information content (AvgIpc) is 2.70. The highest BCUT2D eigenvalue weighted by Crippen LogP contribution is 2.28. The average molecular weight is 215 g/mol. The molecular weight excluding hydrogens is 202 g/mol. The second-order valence-corrected chi connectivity index (χ2v) is 4.03. The van der Waals surface area contributed by atoms with Gasteiger partial charge in [0.15, 0.2) is 0 Å². The Balaban J connectivity index is 2.05. The first-order valence-electron chi connectivity index (χ1n) is 5.45. The minimum atomic E-state index is 0.238. The molecule has 82 valence electrons. The highest BCUT2D eigenvalue weighted by atomic mass is 15.4. The van der Waals surface area contributed by atoms with Gasteiger partial charge >= 0.3 is 0 Å². The van der Waals surface area contributed by atoms with Gasteiger partial charge < -0.3 is 5.73 Å². The Morgan fingerprint density at radius 2 is 2.38 bits per heavy atom. The predicted molar refractivity (Wildman–Crippen MR) is 59.7 cm³/mol. The monoisotopic (exact) mass is 215 g/mol. The summed E-state index contributed by atoms with van der Waals surface area (Å²) in [6.07, 6.45) is 6.82. The second-order valence-electron chi connectivity index (χ2n) is 4.03. The van der Waals surface area contributed by atoms with Crippen molar-refractivity contribution in [2.24, 2.45) is 0 Å².